The van der Waals surface area contributed by atoms with Gasteiger partial charge in [-0.2, -0.15) is 0 Å². The Hall–Kier alpha value is -0.840. The molecule has 18 heavy (non-hydrogen) atoms. The van der Waals surface area contributed by atoms with Crippen LogP contribution in [0.15, 0.2) is 34.1 Å². The topological polar surface area (TPSA) is 35.2 Å². The van der Waals surface area contributed by atoms with Crippen LogP contribution in [0.5, 0.6) is 5.75 Å². The van der Waals surface area contributed by atoms with Crippen molar-refractivity contribution in [2.24, 2.45) is 5.73 Å². The summed E-state index contributed by atoms with van der Waals surface area (Å²) in [5.74, 6) is 0.865. The van der Waals surface area contributed by atoms with Gasteiger partial charge in [0, 0.05) is 22.9 Å². The second-order valence-electron chi connectivity index (χ2n) is 4.26. The lowest BCUT2D eigenvalue weighted by Crippen LogP contribution is -2.14. The monoisotopic (exact) mass is 325 g/mol. The van der Waals surface area contributed by atoms with E-state index in [-0.39, 0.29) is 6.04 Å². The minimum atomic E-state index is -0.0367. The van der Waals surface area contributed by atoms with E-state index in [0.29, 0.717) is 0 Å². The highest BCUT2D eigenvalue weighted by molar-refractivity contribution is 9.11. The Morgan fingerprint density at radius 3 is 2.72 bits per heavy atom. The molecule has 0 aliphatic heterocycles. The molecule has 1 aromatic heterocycles. The molecular formula is C14H16BrNOS. The van der Waals surface area contributed by atoms with Gasteiger partial charge in [-0.05, 0) is 41.1 Å². The lowest BCUT2D eigenvalue weighted by Gasteiger charge is -2.15. The molecule has 2 rings (SSSR count). The summed E-state index contributed by atoms with van der Waals surface area (Å²) in [6.45, 7) is 2.07. The van der Waals surface area contributed by atoms with Gasteiger partial charge in [0.15, 0.2) is 0 Å². The molecule has 0 amide bonds. The molecule has 2 aromatic rings. The highest BCUT2D eigenvalue weighted by Gasteiger charge is 2.13. The van der Waals surface area contributed by atoms with Gasteiger partial charge in [-0.15, -0.1) is 11.3 Å². The summed E-state index contributed by atoms with van der Waals surface area (Å²) in [6, 6.07) is 10.2. The van der Waals surface area contributed by atoms with E-state index in [1.54, 1.807) is 18.4 Å². The molecule has 2 nitrogen and oxygen atoms in total. The normalized spacial score (nSPS) is 12.4. The Balaban J connectivity index is 2.22. The first-order valence-electron chi connectivity index (χ1n) is 5.74. The number of methoxy groups -OCH3 is 1. The van der Waals surface area contributed by atoms with Crippen molar-refractivity contribution in [3.8, 4) is 5.75 Å². The van der Waals surface area contributed by atoms with E-state index in [2.05, 4.69) is 41.1 Å². The molecule has 96 valence electrons. The van der Waals surface area contributed by atoms with E-state index < -0.39 is 0 Å². The Bertz CT molecular complexity index is 538. The first kappa shape index (κ1) is 13.6. The third kappa shape index (κ3) is 3.13. The third-order valence-electron chi connectivity index (χ3n) is 2.83. The van der Waals surface area contributed by atoms with Crippen LogP contribution in [0, 0.1) is 6.92 Å². The fourth-order valence-corrected chi connectivity index (χ4v) is 3.47. The molecule has 0 fully saturated rings. The van der Waals surface area contributed by atoms with Gasteiger partial charge in [0.05, 0.1) is 10.9 Å². The molecule has 0 bridgehead atoms. The van der Waals surface area contributed by atoms with Crippen LogP contribution >= 0.6 is 27.3 Å². The van der Waals surface area contributed by atoms with Crippen molar-refractivity contribution in [1.29, 1.82) is 0 Å². The van der Waals surface area contributed by atoms with Gasteiger partial charge in [-0.1, -0.05) is 17.7 Å². The highest BCUT2D eigenvalue weighted by Crippen LogP contribution is 2.30. The van der Waals surface area contributed by atoms with E-state index >= 15 is 0 Å². The van der Waals surface area contributed by atoms with Gasteiger partial charge in [0.2, 0.25) is 0 Å². The van der Waals surface area contributed by atoms with Gasteiger partial charge >= 0.3 is 0 Å². The van der Waals surface area contributed by atoms with Crippen molar-refractivity contribution >= 4 is 27.3 Å². The second-order valence-corrected chi connectivity index (χ2v) is 6.81. The number of aryl methyl sites for hydroxylation is 1. The molecule has 0 radical (unpaired) electrons. The molecule has 1 atom stereocenters. The number of halogens is 1. The van der Waals surface area contributed by atoms with E-state index in [9.17, 15) is 0 Å². The van der Waals surface area contributed by atoms with Crippen LogP contribution in [0.4, 0.5) is 0 Å². The Kier molecular flexibility index (Phi) is 4.43. The fraction of sp³-hybridized carbons (Fsp3) is 0.286. The first-order valence-corrected chi connectivity index (χ1v) is 7.35. The van der Waals surface area contributed by atoms with E-state index in [4.69, 9.17) is 10.5 Å². The predicted octanol–water partition coefficient (Wildman–Crippen LogP) is 4.07. The van der Waals surface area contributed by atoms with Crippen molar-refractivity contribution < 1.29 is 4.74 Å². The number of benzene rings is 1. The van der Waals surface area contributed by atoms with Crippen molar-refractivity contribution in [3.63, 3.8) is 0 Å². The van der Waals surface area contributed by atoms with E-state index in [0.717, 1.165) is 21.5 Å². The molecule has 2 N–H and O–H groups in total. The number of ether oxygens (including phenoxy) is 1. The maximum absolute atomic E-state index is 6.29. The summed E-state index contributed by atoms with van der Waals surface area (Å²) in [4.78, 5) is 1.28. The number of rotatable bonds is 4. The quantitative estimate of drug-likeness (QED) is 0.919. The fourth-order valence-electron chi connectivity index (χ4n) is 1.93. The van der Waals surface area contributed by atoms with Crippen LogP contribution in [-0.2, 0) is 6.42 Å². The standard InChI is InChI=1S/C14H16BrNOS/c1-9-3-5-13(17-2)11(7-9)12(16)8-10-4-6-14(15)18-10/h3-7,12H,8,16H2,1-2H3. The average molecular weight is 326 g/mol. The largest absolute Gasteiger partial charge is 0.496 e. The number of hydrogen-bond acceptors (Lipinski definition) is 3. The maximum atomic E-state index is 6.29. The van der Waals surface area contributed by atoms with Gasteiger partial charge < -0.3 is 10.5 Å². The van der Waals surface area contributed by atoms with Crippen LogP contribution in [0.3, 0.4) is 0 Å². The number of thiophene rings is 1. The summed E-state index contributed by atoms with van der Waals surface area (Å²) in [7, 11) is 1.68. The van der Waals surface area contributed by atoms with Crippen LogP contribution < -0.4 is 10.5 Å². The van der Waals surface area contributed by atoms with Crippen molar-refractivity contribution in [3.05, 3.63) is 50.1 Å². The molecule has 0 aliphatic carbocycles. The number of nitrogens with two attached hydrogens (primary N) is 1. The maximum Gasteiger partial charge on any atom is 0.123 e. The van der Waals surface area contributed by atoms with Crippen LogP contribution in [0.25, 0.3) is 0 Å². The summed E-state index contributed by atoms with van der Waals surface area (Å²) >= 11 is 5.20. The zero-order valence-corrected chi connectivity index (χ0v) is 12.8. The summed E-state index contributed by atoms with van der Waals surface area (Å²) in [5.41, 5.74) is 8.57. The molecule has 0 aliphatic rings. The van der Waals surface area contributed by atoms with Crippen molar-refractivity contribution in [2.75, 3.05) is 7.11 Å². The molecule has 1 unspecified atom stereocenters. The van der Waals surface area contributed by atoms with Crippen LogP contribution in [0.2, 0.25) is 0 Å². The molecular weight excluding hydrogens is 310 g/mol. The zero-order valence-electron chi connectivity index (χ0n) is 10.4. The SMILES string of the molecule is COc1ccc(C)cc1C(N)Cc1ccc(Br)s1. The molecule has 0 spiro atoms. The van der Waals surface area contributed by atoms with Crippen molar-refractivity contribution in [2.45, 2.75) is 19.4 Å². The Morgan fingerprint density at radius 2 is 2.11 bits per heavy atom. The minimum absolute atomic E-state index is 0.0367. The Labute approximate surface area is 120 Å². The van der Waals surface area contributed by atoms with Crippen molar-refractivity contribution in [1.82, 2.24) is 0 Å². The molecule has 1 heterocycles. The minimum Gasteiger partial charge on any atom is -0.496 e. The number of hydrogen-bond donors (Lipinski definition) is 1. The van der Waals surface area contributed by atoms with E-state index in [1.165, 1.54) is 10.4 Å². The summed E-state index contributed by atoms with van der Waals surface area (Å²) < 4.78 is 6.52. The molecule has 0 saturated heterocycles. The van der Waals surface area contributed by atoms with E-state index in [1.807, 2.05) is 12.1 Å². The van der Waals surface area contributed by atoms with Gasteiger partial charge in [-0.25, -0.2) is 0 Å². The lowest BCUT2D eigenvalue weighted by atomic mass is 10.0. The predicted molar refractivity (Wildman–Crippen MR) is 80.4 cm³/mol. The summed E-state index contributed by atoms with van der Waals surface area (Å²) in [6.07, 6.45) is 0.829. The third-order valence-corrected chi connectivity index (χ3v) is 4.48. The first-order chi connectivity index (χ1) is 8.60. The smallest absolute Gasteiger partial charge is 0.123 e. The summed E-state index contributed by atoms with van der Waals surface area (Å²) in [5, 5.41) is 0. The van der Waals surface area contributed by atoms with Gasteiger partial charge in [0.25, 0.3) is 0 Å². The molecule has 4 heteroatoms. The highest BCUT2D eigenvalue weighted by atomic mass is 79.9. The van der Waals surface area contributed by atoms with Crippen LogP contribution in [-0.4, -0.2) is 7.11 Å². The zero-order chi connectivity index (χ0) is 13.1. The molecule has 1 aromatic carbocycles. The van der Waals surface area contributed by atoms with Gasteiger partial charge in [0.1, 0.15) is 5.75 Å². The average Bonchev–Trinajstić information content (AvgIpc) is 2.74. The second kappa shape index (κ2) is 5.87. The van der Waals surface area contributed by atoms with Crippen LogP contribution in [0.1, 0.15) is 22.0 Å². The molecule has 0 saturated carbocycles. The lowest BCUT2D eigenvalue weighted by molar-refractivity contribution is 0.405. The van der Waals surface area contributed by atoms with Gasteiger partial charge in [-0.3, -0.25) is 0 Å². The Morgan fingerprint density at radius 1 is 1.33 bits per heavy atom.